The van der Waals surface area contributed by atoms with Crippen molar-refractivity contribution in [3.63, 3.8) is 0 Å². The lowest BCUT2D eigenvalue weighted by molar-refractivity contribution is -0.143. The van der Waals surface area contributed by atoms with Crippen LogP contribution in [0.4, 0.5) is 8.78 Å². The molecule has 1 aromatic rings. The highest BCUT2D eigenvalue weighted by Gasteiger charge is 2.41. The average molecular weight is 279 g/mol. The molecule has 0 bridgehead atoms. The summed E-state index contributed by atoms with van der Waals surface area (Å²) >= 11 is 0. The zero-order valence-electron chi connectivity index (χ0n) is 9.30. The fourth-order valence-electron chi connectivity index (χ4n) is 1.33. The largest absolute Gasteiger partial charge is 0.480 e. The van der Waals surface area contributed by atoms with Crippen LogP contribution in [0.1, 0.15) is 12.5 Å². The Morgan fingerprint density at radius 3 is 2.22 bits per heavy atom. The summed E-state index contributed by atoms with van der Waals surface area (Å²) in [6.07, 6.45) is 0. The molecule has 1 rings (SSSR count). The Morgan fingerprint density at radius 1 is 1.33 bits per heavy atom. The van der Waals surface area contributed by atoms with E-state index in [0.717, 1.165) is 6.92 Å². The van der Waals surface area contributed by atoms with E-state index in [1.54, 1.807) is 6.07 Å². The minimum Gasteiger partial charge on any atom is -0.480 e. The minimum atomic E-state index is -5.01. The average Bonchev–Trinajstić information content (AvgIpc) is 2.29. The van der Waals surface area contributed by atoms with E-state index < -0.39 is 27.3 Å². The first-order chi connectivity index (χ1) is 8.20. The van der Waals surface area contributed by atoms with Crippen molar-refractivity contribution in [1.29, 1.82) is 0 Å². The third kappa shape index (κ3) is 2.82. The third-order valence-electron chi connectivity index (χ3n) is 2.36. The number of carbonyl (C=O) groups is 1. The van der Waals surface area contributed by atoms with E-state index in [1.165, 1.54) is 29.0 Å². The normalized spacial score (nSPS) is 15.3. The van der Waals surface area contributed by atoms with Gasteiger partial charge in [0.2, 0.25) is 0 Å². The van der Waals surface area contributed by atoms with Crippen molar-refractivity contribution in [2.24, 2.45) is 0 Å². The SMILES string of the molecule is CC(NS(=O)(=O)C(F)F)(C(=O)O)c1ccccc1. The first-order valence-corrected chi connectivity index (χ1v) is 6.34. The zero-order valence-corrected chi connectivity index (χ0v) is 10.1. The summed E-state index contributed by atoms with van der Waals surface area (Å²) in [6, 6.07) is 7.22. The molecule has 0 aliphatic carbocycles. The van der Waals surface area contributed by atoms with E-state index in [2.05, 4.69) is 0 Å². The molecule has 18 heavy (non-hydrogen) atoms. The summed E-state index contributed by atoms with van der Waals surface area (Å²) in [7, 11) is -5.01. The second kappa shape index (κ2) is 4.99. The molecule has 0 aromatic heterocycles. The molecule has 2 N–H and O–H groups in total. The van der Waals surface area contributed by atoms with Crippen LogP contribution in [0.25, 0.3) is 0 Å². The van der Waals surface area contributed by atoms with Gasteiger partial charge < -0.3 is 5.11 Å². The van der Waals surface area contributed by atoms with Crippen molar-refractivity contribution >= 4 is 16.0 Å². The number of carboxylic acid groups (broad SMARTS) is 1. The van der Waals surface area contributed by atoms with Crippen molar-refractivity contribution < 1.29 is 27.1 Å². The first-order valence-electron chi connectivity index (χ1n) is 4.80. The van der Waals surface area contributed by atoms with Gasteiger partial charge in [0.1, 0.15) is 0 Å². The molecule has 0 aliphatic rings. The molecule has 0 amide bonds. The van der Waals surface area contributed by atoms with Crippen LogP contribution in [0.15, 0.2) is 30.3 Å². The quantitative estimate of drug-likeness (QED) is 0.846. The number of hydrogen-bond acceptors (Lipinski definition) is 3. The second-order valence-electron chi connectivity index (χ2n) is 3.70. The van der Waals surface area contributed by atoms with Gasteiger partial charge in [-0.05, 0) is 12.5 Å². The number of nitrogens with one attached hydrogen (secondary N) is 1. The lowest BCUT2D eigenvalue weighted by atomic mass is 9.94. The number of alkyl halides is 2. The maximum atomic E-state index is 12.3. The number of rotatable bonds is 5. The molecule has 1 unspecified atom stereocenters. The van der Waals surface area contributed by atoms with Crippen LogP contribution in [-0.4, -0.2) is 25.3 Å². The molecule has 1 atom stereocenters. The Kier molecular flexibility index (Phi) is 4.02. The highest BCUT2D eigenvalue weighted by molar-refractivity contribution is 7.89. The van der Waals surface area contributed by atoms with Crippen molar-refractivity contribution in [3.8, 4) is 0 Å². The lowest BCUT2D eigenvalue weighted by Crippen LogP contribution is -2.51. The molecular weight excluding hydrogens is 268 g/mol. The van der Waals surface area contributed by atoms with Gasteiger partial charge >= 0.3 is 11.7 Å². The fraction of sp³-hybridized carbons (Fsp3) is 0.300. The van der Waals surface area contributed by atoms with Crippen LogP contribution < -0.4 is 4.72 Å². The maximum absolute atomic E-state index is 12.3. The van der Waals surface area contributed by atoms with E-state index in [0.29, 0.717) is 0 Å². The van der Waals surface area contributed by atoms with Gasteiger partial charge in [-0.15, -0.1) is 0 Å². The molecule has 0 saturated heterocycles. The Balaban J connectivity index is 3.23. The predicted octanol–water partition coefficient (Wildman–Crippen LogP) is 1.13. The van der Waals surface area contributed by atoms with Gasteiger partial charge in [-0.1, -0.05) is 30.3 Å². The second-order valence-corrected chi connectivity index (χ2v) is 5.35. The molecule has 0 aliphatic heterocycles. The Hall–Kier alpha value is -1.54. The zero-order chi connectivity index (χ0) is 14.0. The van der Waals surface area contributed by atoms with E-state index >= 15 is 0 Å². The van der Waals surface area contributed by atoms with Crippen molar-refractivity contribution in [2.75, 3.05) is 0 Å². The van der Waals surface area contributed by atoms with Gasteiger partial charge in [-0.3, -0.25) is 0 Å². The van der Waals surface area contributed by atoms with E-state index in [1.807, 2.05) is 0 Å². The highest BCUT2D eigenvalue weighted by atomic mass is 32.2. The summed E-state index contributed by atoms with van der Waals surface area (Å²) in [5, 5.41) is 9.06. The summed E-state index contributed by atoms with van der Waals surface area (Å²) in [4.78, 5) is 11.2. The summed E-state index contributed by atoms with van der Waals surface area (Å²) in [5.74, 6) is -5.27. The number of halogens is 2. The van der Waals surface area contributed by atoms with Gasteiger partial charge in [0.25, 0.3) is 10.0 Å². The van der Waals surface area contributed by atoms with Crippen LogP contribution >= 0.6 is 0 Å². The summed E-state index contributed by atoms with van der Waals surface area (Å²) in [5.41, 5.74) is -2.09. The van der Waals surface area contributed by atoms with Crippen molar-refractivity contribution in [1.82, 2.24) is 4.72 Å². The van der Waals surface area contributed by atoms with Gasteiger partial charge in [0.05, 0.1) is 0 Å². The fourth-order valence-corrected chi connectivity index (χ4v) is 2.19. The number of benzene rings is 1. The molecule has 5 nitrogen and oxygen atoms in total. The predicted molar refractivity (Wildman–Crippen MR) is 59.5 cm³/mol. The topological polar surface area (TPSA) is 83.5 Å². The maximum Gasteiger partial charge on any atom is 0.350 e. The molecule has 100 valence electrons. The summed E-state index contributed by atoms with van der Waals surface area (Å²) < 4.78 is 48.3. The van der Waals surface area contributed by atoms with Crippen molar-refractivity contribution in [3.05, 3.63) is 35.9 Å². The molecule has 0 spiro atoms. The number of carboxylic acids is 1. The summed E-state index contributed by atoms with van der Waals surface area (Å²) in [6.45, 7) is 1.00. The van der Waals surface area contributed by atoms with Crippen LogP contribution in [0.5, 0.6) is 0 Å². The van der Waals surface area contributed by atoms with Crippen LogP contribution in [0, 0.1) is 0 Å². The molecule has 0 saturated carbocycles. The Morgan fingerprint density at radius 2 is 1.83 bits per heavy atom. The van der Waals surface area contributed by atoms with Gasteiger partial charge in [0.15, 0.2) is 5.54 Å². The molecule has 0 heterocycles. The number of aliphatic carboxylic acids is 1. The van der Waals surface area contributed by atoms with Crippen molar-refractivity contribution in [2.45, 2.75) is 18.2 Å². The van der Waals surface area contributed by atoms with Gasteiger partial charge in [0, 0.05) is 0 Å². The Labute approximate surface area is 102 Å². The monoisotopic (exact) mass is 279 g/mol. The lowest BCUT2D eigenvalue weighted by Gasteiger charge is -2.26. The standard InChI is InChI=1S/C10H11F2NO4S/c1-10(8(14)15,7-5-3-2-4-6-7)13-18(16,17)9(11)12/h2-6,9,13H,1H3,(H,14,15). The first kappa shape index (κ1) is 14.5. The van der Waals surface area contributed by atoms with E-state index in [-0.39, 0.29) is 5.56 Å². The smallest absolute Gasteiger partial charge is 0.350 e. The van der Waals surface area contributed by atoms with Crippen LogP contribution in [-0.2, 0) is 20.4 Å². The molecule has 0 fully saturated rings. The van der Waals surface area contributed by atoms with E-state index in [9.17, 15) is 22.0 Å². The molecule has 0 radical (unpaired) electrons. The molecule has 1 aromatic carbocycles. The van der Waals surface area contributed by atoms with Gasteiger partial charge in [-0.2, -0.15) is 13.5 Å². The molecular formula is C10H11F2NO4S. The van der Waals surface area contributed by atoms with E-state index in [4.69, 9.17) is 5.11 Å². The van der Waals surface area contributed by atoms with Crippen LogP contribution in [0.2, 0.25) is 0 Å². The minimum absolute atomic E-state index is 0.0572. The highest BCUT2D eigenvalue weighted by Crippen LogP contribution is 2.23. The third-order valence-corrected chi connectivity index (χ3v) is 3.52. The molecule has 8 heteroatoms. The van der Waals surface area contributed by atoms with Gasteiger partial charge in [-0.25, -0.2) is 13.2 Å². The number of sulfonamides is 1. The number of hydrogen-bond donors (Lipinski definition) is 2. The van der Waals surface area contributed by atoms with Crippen LogP contribution in [0.3, 0.4) is 0 Å². The Bertz CT molecular complexity index is 532.